The van der Waals surface area contributed by atoms with E-state index in [0.717, 1.165) is 19.3 Å². The third-order valence-electron chi connectivity index (χ3n) is 2.17. The Balaban J connectivity index is 4.15. The first-order valence-electron chi connectivity index (χ1n) is 6.75. The summed E-state index contributed by atoms with van der Waals surface area (Å²) in [5.74, 6) is 0. The van der Waals surface area contributed by atoms with Crippen molar-refractivity contribution in [2.75, 3.05) is 13.2 Å². The van der Waals surface area contributed by atoms with Gasteiger partial charge in [0.1, 0.15) is 0 Å². The van der Waals surface area contributed by atoms with E-state index in [1.165, 1.54) is 0 Å². The molecule has 0 radical (unpaired) electrons. The van der Waals surface area contributed by atoms with Crippen molar-refractivity contribution in [2.45, 2.75) is 58.8 Å². The summed E-state index contributed by atoms with van der Waals surface area (Å²) >= 11 is 0. The van der Waals surface area contributed by atoms with Gasteiger partial charge in [-0.05, 0) is 26.3 Å². The summed E-state index contributed by atoms with van der Waals surface area (Å²) in [6.45, 7) is 6.92. The summed E-state index contributed by atoms with van der Waals surface area (Å²) < 4.78 is 18.4. The molecule has 16 heavy (non-hydrogen) atoms. The molecule has 3 heteroatoms. The third kappa shape index (κ3) is 8.89. The van der Waals surface area contributed by atoms with Crippen LogP contribution in [-0.4, -0.2) is 30.7 Å². The number of unbranched alkanes of at least 4 members (excludes halogenated alkanes) is 2. The molecule has 0 rings (SSSR count). The average molecular weight is 231 g/mol. The summed E-state index contributed by atoms with van der Waals surface area (Å²) in [7, 11) is 0. The highest BCUT2D eigenvalue weighted by atomic mass is 16.7. The Hall–Kier alpha value is -0.380. The van der Waals surface area contributed by atoms with Gasteiger partial charge in [0.25, 0.3) is 0 Å². The van der Waals surface area contributed by atoms with E-state index in [1.807, 2.05) is 13.8 Å². The van der Waals surface area contributed by atoms with Crippen molar-refractivity contribution in [3.8, 4) is 0 Å². The molecular weight excluding hydrogens is 204 g/mol. The Kier molecular flexibility index (Phi) is 9.51. The second-order valence-electron chi connectivity index (χ2n) is 3.62. The second kappa shape index (κ2) is 11.1. The number of aliphatic hydroxyl groups excluding tert-OH is 1. The zero-order valence-electron chi connectivity index (χ0n) is 11.7. The van der Waals surface area contributed by atoms with Crippen molar-refractivity contribution < 1.29 is 16.0 Å². The van der Waals surface area contributed by atoms with Crippen LogP contribution in [0.25, 0.3) is 0 Å². The monoisotopic (exact) mass is 231 g/mol. The lowest BCUT2D eigenvalue weighted by Crippen LogP contribution is -2.15. The van der Waals surface area contributed by atoms with Crippen LogP contribution >= 0.6 is 0 Å². The molecular formula is C13H26O3. The van der Waals surface area contributed by atoms with E-state index in [-0.39, 0.29) is 6.05 Å². The normalized spacial score (nSPS) is 15.3. The van der Waals surface area contributed by atoms with Crippen LogP contribution in [0.3, 0.4) is 0 Å². The second-order valence-corrected chi connectivity index (χ2v) is 3.62. The molecule has 0 aromatic rings. The fourth-order valence-corrected chi connectivity index (χ4v) is 1.33. The van der Waals surface area contributed by atoms with Crippen molar-refractivity contribution in [3.05, 3.63) is 12.1 Å². The summed E-state index contributed by atoms with van der Waals surface area (Å²) in [5.41, 5.74) is 0. The Morgan fingerprint density at radius 2 is 1.81 bits per heavy atom. The van der Waals surface area contributed by atoms with Crippen LogP contribution in [0, 0.1) is 0 Å². The van der Waals surface area contributed by atoms with Crippen molar-refractivity contribution in [1.82, 2.24) is 0 Å². The SMILES string of the molecule is [2H]/C(=C\C(OCC)OCC)C(O)CCCCC. The van der Waals surface area contributed by atoms with E-state index in [9.17, 15) is 5.11 Å². The van der Waals surface area contributed by atoms with Crippen LogP contribution in [0.1, 0.15) is 47.8 Å². The van der Waals surface area contributed by atoms with Gasteiger partial charge in [0.2, 0.25) is 0 Å². The molecule has 0 amide bonds. The molecule has 1 atom stereocenters. The molecule has 1 N–H and O–H groups in total. The molecule has 0 aliphatic carbocycles. The molecule has 0 saturated carbocycles. The molecule has 0 aliphatic heterocycles. The lowest BCUT2D eigenvalue weighted by Gasteiger charge is -2.13. The molecule has 0 saturated heterocycles. The maximum atomic E-state index is 9.76. The van der Waals surface area contributed by atoms with Crippen LogP contribution in [0.4, 0.5) is 0 Å². The molecule has 0 spiro atoms. The largest absolute Gasteiger partial charge is 0.389 e. The Morgan fingerprint density at radius 3 is 2.31 bits per heavy atom. The van der Waals surface area contributed by atoms with E-state index >= 15 is 0 Å². The Labute approximate surface area is 101 Å². The molecule has 0 aromatic heterocycles. The highest BCUT2D eigenvalue weighted by Gasteiger charge is 2.04. The van der Waals surface area contributed by atoms with Gasteiger partial charge in [-0.3, -0.25) is 0 Å². The quantitative estimate of drug-likeness (QED) is 0.357. The summed E-state index contributed by atoms with van der Waals surface area (Å²) in [4.78, 5) is 0. The number of hydrogen-bond acceptors (Lipinski definition) is 3. The van der Waals surface area contributed by atoms with Crippen LogP contribution in [0.15, 0.2) is 12.1 Å². The smallest absolute Gasteiger partial charge is 0.176 e. The number of aliphatic hydroxyl groups is 1. The molecule has 0 aliphatic rings. The number of ether oxygens (including phenoxy) is 2. The minimum absolute atomic E-state index is 0.188. The minimum Gasteiger partial charge on any atom is -0.389 e. The van der Waals surface area contributed by atoms with Crippen LogP contribution < -0.4 is 0 Å². The van der Waals surface area contributed by atoms with Crippen LogP contribution in [0.2, 0.25) is 0 Å². The van der Waals surface area contributed by atoms with Crippen molar-refractivity contribution >= 4 is 0 Å². The fourth-order valence-electron chi connectivity index (χ4n) is 1.33. The molecule has 0 aromatic carbocycles. The average Bonchev–Trinajstić information content (AvgIpc) is 2.29. The lowest BCUT2D eigenvalue weighted by atomic mass is 10.1. The summed E-state index contributed by atoms with van der Waals surface area (Å²) in [6, 6.07) is 0.188. The van der Waals surface area contributed by atoms with E-state index in [4.69, 9.17) is 10.8 Å². The van der Waals surface area contributed by atoms with Crippen LogP contribution in [-0.2, 0) is 9.47 Å². The molecule has 0 heterocycles. The lowest BCUT2D eigenvalue weighted by molar-refractivity contribution is -0.104. The van der Waals surface area contributed by atoms with Gasteiger partial charge < -0.3 is 14.6 Å². The van der Waals surface area contributed by atoms with Gasteiger partial charge in [-0.1, -0.05) is 32.2 Å². The van der Waals surface area contributed by atoms with Gasteiger partial charge in [0.15, 0.2) is 6.29 Å². The fraction of sp³-hybridized carbons (Fsp3) is 0.846. The van der Waals surface area contributed by atoms with Crippen molar-refractivity contribution in [1.29, 1.82) is 0 Å². The zero-order valence-corrected chi connectivity index (χ0v) is 10.7. The van der Waals surface area contributed by atoms with E-state index in [1.54, 1.807) is 6.08 Å². The molecule has 0 bridgehead atoms. The van der Waals surface area contributed by atoms with Gasteiger partial charge in [-0.15, -0.1) is 0 Å². The van der Waals surface area contributed by atoms with Gasteiger partial charge in [0, 0.05) is 13.2 Å². The third-order valence-corrected chi connectivity index (χ3v) is 2.17. The topological polar surface area (TPSA) is 38.7 Å². The van der Waals surface area contributed by atoms with Crippen LogP contribution in [0.5, 0.6) is 0 Å². The minimum atomic E-state index is -0.704. The predicted molar refractivity (Wildman–Crippen MR) is 66.3 cm³/mol. The van der Waals surface area contributed by atoms with Gasteiger partial charge >= 0.3 is 0 Å². The predicted octanol–water partition coefficient (Wildman–Crippen LogP) is 2.88. The van der Waals surface area contributed by atoms with Gasteiger partial charge in [-0.2, -0.15) is 0 Å². The maximum absolute atomic E-state index is 9.76. The standard InChI is InChI=1S/C13H26O3/c1-4-7-8-9-12(14)10-11-13(15-5-2)16-6-3/h10-14H,4-9H2,1-3H3/b11-10+/i10D. The Bertz CT molecular complexity index is 201. The molecule has 3 nitrogen and oxygen atoms in total. The highest BCUT2D eigenvalue weighted by molar-refractivity contribution is 4.91. The first kappa shape index (κ1) is 13.7. The Morgan fingerprint density at radius 1 is 1.19 bits per heavy atom. The number of rotatable bonds is 10. The summed E-state index contributed by atoms with van der Waals surface area (Å²) in [5, 5.41) is 9.76. The van der Waals surface area contributed by atoms with Gasteiger partial charge in [-0.25, -0.2) is 0 Å². The zero-order chi connectivity index (χ0) is 13.1. The molecule has 0 fully saturated rings. The van der Waals surface area contributed by atoms with E-state index in [2.05, 4.69) is 6.92 Å². The first-order valence-corrected chi connectivity index (χ1v) is 6.25. The van der Waals surface area contributed by atoms with Crippen molar-refractivity contribution in [3.63, 3.8) is 0 Å². The first-order chi connectivity index (χ1) is 8.15. The molecule has 1 unspecified atom stereocenters. The van der Waals surface area contributed by atoms with E-state index in [0.29, 0.717) is 19.6 Å². The van der Waals surface area contributed by atoms with Gasteiger partial charge in [0.05, 0.1) is 7.47 Å². The van der Waals surface area contributed by atoms with Crippen molar-refractivity contribution in [2.24, 2.45) is 0 Å². The highest BCUT2D eigenvalue weighted by Crippen LogP contribution is 2.06. The van der Waals surface area contributed by atoms with E-state index < -0.39 is 12.4 Å². The number of hydrogen-bond donors (Lipinski definition) is 1. The maximum Gasteiger partial charge on any atom is 0.176 e. The summed E-state index contributed by atoms with van der Waals surface area (Å²) in [6.07, 6.45) is 4.11. The molecule has 96 valence electrons.